The van der Waals surface area contributed by atoms with Crippen molar-refractivity contribution in [1.82, 2.24) is 0 Å². The van der Waals surface area contributed by atoms with Crippen LogP contribution in [0.15, 0.2) is 23.1 Å². The molecule has 0 atom stereocenters. The van der Waals surface area contributed by atoms with Crippen LogP contribution in [-0.2, 0) is 6.42 Å². The fraction of sp³-hybridized carbons (Fsp3) is 0.250. The molecule has 0 spiro atoms. The molecule has 0 aliphatic rings. The van der Waals surface area contributed by atoms with E-state index < -0.39 is 0 Å². The van der Waals surface area contributed by atoms with Crippen LogP contribution < -0.4 is 0 Å². The highest BCUT2D eigenvalue weighted by atomic mass is 35.5. The Balaban J connectivity index is 3.07. The average molecular weight is 173 g/mol. The van der Waals surface area contributed by atoms with Crippen molar-refractivity contribution >= 4 is 24.2 Å². The lowest BCUT2D eigenvalue weighted by Gasteiger charge is -1.99. The summed E-state index contributed by atoms with van der Waals surface area (Å²) in [6, 6.07) is 5.82. The van der Waals surface area contributed by atoms with Crippen molar-refractivity contribution in [3.8, 4) is 0 Å². The number of halogens is 1. The Bertz CT molecular complexity index is 233. The molecular weight excluding hydrogens is 164 g/mol. The molecule has 0 unspecified atom stereocenters. The van der Waals surface area contributed by atoms with E-state index in [1.165, 1.54) is 5.56 Å². The maximum absolute atomic E-state index is 5.88. The molecule has 0 bridgehead atoms. The summed E-state index contributed by atoms with van der Waals surface area (Å²) < 4.78 is 0. The van der Waals surface area contributed by atoms with E-state index in [9.17, 15) is 0 Å². The van der Waals surface area contributed by atoms with Gasteiger partial charge < -0.3 is 0 Å². The topological polar surface area (TPSA) is 0 Å². The van der Waals surface area contributed by atoms with Gasteiger partial charge in [0, 0.05) is 9.92 Å². The first-order valence-electron chi connectivity index (χ1n) is 3.21. The van der Waals surface area contributed by atoms with E-state index >= 15 is 0 Å². The van der Waals surface area contributed by atoms with E-state index in [1.807, 2.05) is 18.2 Å². The molecule has 1 aromatic carbocycles. The lowest BCUT2D eigenvalue weighted by Crippen LogP contribution is -1.80. The maximum Gasteiger partial charge on any atom is 0.0448 e. The fourth-order valence-corrected chi connectivity index (χ4v) is 1.42. The van der Waals surface area contributed by atoms with E-state index in [0.717, 1.165) is 16.3 Å². The van der Waals surface area contributed by atoms with Crippen LogP contribution in [0, 0.1) is 0 Å². The van der Waals surface area contributed by atoms with Gasteiger partial charge in [0.2, 0.25) is 0 Å². The zero-order chi connectivity index (χ0) is 7.56. The Morgan fingerprint density at radius 2 is 2.20 bits per heavy atom. The van der Waals surface area contributed by atoms with E-state index in [0.29, 0.717) is 0 Å². The number of rotatable bonds is 1. The van der Waals surface area contributed by atoms with Gasteiger partial charge in [0.15, 0.2) is 0 Å². The van der Waals surface area contributed by atoms with Crippen molar-refractivity contribution in [2.75, 3.05) is 0 Å². The van der Waals surface area contributed by atoms with Crippen LogP contribution in [0.25, 0.3) is 0 Å². The predicted molar refractivity (Wildman–Crippen MR) is 48.1 cm³/mol. The first-order valence-corrected chi connectivity index (χ1v) is 4.04. The van der Waals surface area contributed by atoms with Gasteiger partial charge in [-0.05, 0) is 24.1 Å². The van der Waals surface area contributed by atoms with Crippen LogP contribution in [0.3, 0.4) is 0 Å². The van der Waals surface area contributed by atoms with Gasteiger partial charge in [0.05, 0.1) is 0 Å². The molecule has 2 heteroatoms. The molecule has 54 valence electrons. The predicted octanol–water partition coefficient (Wildman–Crippen LogP) is 3.19. The second-order valence-corrected chi connectivity index (χ2v) is 3.05. The molecule has 0 aliphatic carbocycles. The maximum atomic E-state index is 5.88. The minimum atomic E-state index is 0.815. The van der Waals surface area contributed by atoms with Gasteiger partial charge >= 0.3 is 0 Å². The fourth-order valence-electron chi connectivity index (χ4n) is 0.823. The van der Waals surface area contributed by atoms with E-state index in [4.69, 9.17) is 11.6 Å². The highest BCUT2D eigenvalue weighted by molar-refractivity contribution is 7.80. The highest BCUT2D eigenvalue weighted by Gasteiger charge is 1.95. The Hall–Kier alpha value is -0.140. The minimum Gasteiger partial charge on any atom is -0.143 e. The summed E-state index contributed by atoms with van der Waals surface area (Å²) >= 11 is 10.0. The van der Waals surface area contributed by atoms with Crippen LogP contribution in [0.4, 0.5) is 0 Å². The van der Waals surface area contributed by atoms with E-state index in [-0.39, 0.29) is 0 Å². The van der Waals surface area contributed by atoms with Gasteiger partial charge in [0.1, 0.15) is 0 Å². The molecular formula is C8H9ClS. The quantitative estimate of drug-likeness (QED) is 0.618. The molecule has 0 saturated carbocycles. The van der Waals surface area contributed by atoms with Crippen LogP contribution in [0.1, 0.15) is 12.5 Å². The highest BCUT2D eigenvalue weighted by Crippen LogP contribution is 2.19. The zero-order valence-corrected chi connectivity index (χ0v) is 7.41. The van der Waals surface area contributed by atoms with Crippen molar-refractivity contribution in [1.29, 1.82) is 0 Å². The lowest BCUT2D eigenvalue weighted by molar-refractivity contribution is 1.13. The smallest absolute Gasteiger partial charge is 0.0448 e. The normalized spacial score (nSPS) is 9.90. The number of thiol groups is 1. The summed E-state index contributed by atoms with van der Waals surface area (Å²) in [5.74, 6) is 0. The summed E-state index contributed by atoms with van der Waals surface area (Å²) in [4.78, 5) is 0.919. The Kier molecular flexibility index (Phi) is 2.64. The molecule has 0 saturated heterocycles. The van der Waals surface area contributed by atoms with Crippen molar-refractivity contribution in [3.05, 3.63) is 28.8 Å². The molecule has 0 aliphatic heterocycles. The van der Waals surface area contributed by atoms with Gasteiger partial charge in [-0.25, -0.2) is 0 Å². The summed E-state index contributed by atoms with van der Waals surface area (Å²) in [6.45, 7) is 2.08. The molecule has 0 radical (unpaired) electrons. The summed E-state index contributed by atoms with van der Waals surface area (Å²) in [7, 11) is 0. The first kappa shape index (κ1) is 7.96. The molecule has 0 aromatic heterocycles. The summed E-state index contributed by atoms with van der Waals surface area (Å²) in [5, 5.41) is 0.815. The van der Waals surface area contributed by atoms with Gasteiger partial charge in [-0.3, -0.25) is 0 Å². The van der Waals surface area contributed by atoms with Crippen LogP contribution in [0.5, 0.6) is 0 Å². The van der Waals surface area contributed by atoms with Crippen LogP contribution >= 0.6 is 24.2 Å². The third-order valence-electron chi connectivity index (χ3n) is 1.42. The minimum absolute atomic E-state index is 0.815. The van der Waals surface area contributed by atoms with E-state index in [1.54, 1.807) is 0 Å². The van der Waals surface area contributed by atoms with Crippen LogP contribution in [-0.4, -0.2) is 0 Å². The number of benzene rings is 1. The largest absolute Gasteiger partial charge is 0.143 e. The third kappa shape index (κ3) is 1.68. The number of hydrogen-bond donors (Lipinski definition) is 1. The average Bonchev–Trinajstić information content (AvgIpc) is 1.88. The monoisotopic (exact) mass is 172 g/mol. The second-order valence-electron chi connectivity index (χ2n) is 2.13. The van der Waals surface area contributed by atoms with Crippen molar-refractivity contribution in [2.24, 2.45) is 0 Å². The van der Waals surface area contributed by atoms with E-state index in [2.05, 4.69) is 19.6 Å². The Morgan fingerprint density at radius 3 is 2.70 bits per heavy atom. The SMILES string of the molecule is CCc1ccc(S)cc1Cl. The molecule has 10 heavy (non-hydrogen) atoms. The molecule has 0 fully saturated rings. The van der Waals surface area contributed by atoms with Crippen LogP contribution in [0.2, 0.25) is 5.02 Å². The molecule has 0 amide bonds. The number of aryl methyl sites for hydroxylation is 1. The molecule has 0 heterocycles. The first-order chi connectivity index (χ1) is 4.74. The number of hydrogen-bond acceptors (Lipinski definition) is 1. The zero-order valence-electron chi connectivity index (χ0n) is 5.76. The molecule has 0 N–H and O–H groups in total. The van der Waals surface area contributed by atoms with Gasteiger partial charge in [-0.2, -0.15) is 0 Å². The standard InChI is InChI=1S/C8H9ClS/c1-2-6-3-4-7(10)5-8(6)9/h3-5,10H,2H2,1H3. The second kappa shape index (κ2) is 3.31. The third-order valence-corrected chi connectivity index (χ3v) is 2.05. The molecule has 0 nitrogen and oxygen atoms in total. The lowest BCUT2D eigenvalue weighted by atomic mass is 10.2. The summed E-state index contributed by atoms with van der Waals surface area (Å²) in [5.41, 5.74) is 1.18. The van der Waals surface area contributed by atoms with Crippen molar-refractivity contribution < 1.29 is 0 Å². The van der Waals surface area contributed by atoms with Gasteiger partial charge in [-0.1, -0.05) is 24.6 Å². The molecule has 1 aromatic rings. The van der Waals surface area contributed by atoms with Crippen molar-refractivity contribution in [2.45, 2.75) is 18.2 Å². The van der Waals surface area contributed by atoms with Crippen molar-refractivity contribution in [3.63, 3.8) is 0 Å². The van der Waals surface area contributed by atoms with Gasteiger partial charge in [-0.15, -0.1) is 12.6 Å². The molecule has 1 rings (SSSR count). The van der Waals surface area contributed by atoms with Gasteiger partial charge in [0.25, 0.3) is 0 Å². The Morgan fingerprint density at radius 1 is 1.50 bits per heavy atom. The summed E-state index contributed by atoms with van der Waals surface area (Å²) in [6.07, 6.45) is 0.979. The Labute approximate surface area is 71.6 Å².